The maximum Gasteiger partial charge on any atom is 0.229 e. The molecule has 0 spiro atoms. The molecule has 1 aliphatic rings. The van der Waals surface area contributed by atoms with Gasteiger partial charge in [0.1, 0.15) is 0 Å². The molecule has 1 heterocycles. The summed E-state index contributed by atoms with van der Waals surface area (Å²) in [4.78, 5) is 35.7. The molecule has 0 aliphatic heterocycles. The second-order valence-corrected chi connectivity index (χ2v) is 4.69. The quantitative estimate of drug-likeness (QED) is 0.640. The van der Waals surface area contributed by atoms with Crippen LogP contribution in [-0.4, -0.2) is 17.3 Å². The summed E-state index contributed by atoms with van der Waals surface area (Å²) in [5, 5.41) is 0.363. The molecule has 0 radical (unpaired) electrons. The number of furan rings is 1. The smallest absolute Gasteiger partial charge is 0.229 e. The standard InChI is InChI=1S/C14H7ClO4/c1-6(16)11-5-10-12(17)8-3-2-7(15)4-9(8)13(18)14(10)19-11/h2-5H,1H3. The summed E-state index contributed by atoms with van der Waals surface area (Å²) in [6, 6.07) is 5.79. The number of carbonyl (C=O) groups excluding carboxylic acids is 3. The Bertz CT molecular complexity index is 755. The number of rotatable bonds is 1. The first-order chi connectivity index (χ1) is 8.99. The van der Waals surface area contributed by atoms with Crippen molar-refractivity contribution in [1.82, 2.24) is 0 Å². The summed E-state index contributed by atoms with van der Waals surface area (Å²) in [6.07, 6.45) is 0. The van der Waals surface area contributed by atoms with Gasteiger partial charge in [0.05, 0.1) is 5.56 Å². The van der Waals surface area contributed by atoms with Crippen molar-refractivity contribution in [3.63, 3.8) is 0 Å². The zero-order valence-corrected chi connectivity index (χ0v) is 10.6. The van der Waals surface area contributed by atoms with Crippen LogP contribution in [0.4, 0.5) is 0 Å². The van der Waals surface area contributed by atoms with E-state index in [1.165, 1.54) is 25.1 Å². The van der Waals surface area contributed by atoms with Crippen molar-refractivity contribution in [2.45, 2.75) is 6.92 Å². The number of Topliss-reactive ketones (excluding diaryl/α,β-unsaturated/α-hetero) is 1. The first kappa shape index (κ1) is 11.9. The Morgan fingerprint density at radius 2 is 1.79 bits per heavy atom. The van der Waals surface area contributed by atoms with Crippen LogP contribution in [0.2, 0.25) is 5.02 Å². The van der Waals surface area contributed by atoms with E-state index in [1.807, 2.05) is 0 Å². The molecule has 0 saturated carbocycles. The molecular weight excluding hydrogens is 268 g/mol. The summed E-state index contributed by atoms with van der Waals surface area (Å²) in [6.45, 7) is 1.31. The fraction of sp³-hybridized carbons (Fsp3) is 0.0714. The van der Waals surface area contributed by atoms with Crippen LogP contribution in [0.1, 0.15) is 49.5 Å². The van der Waals surface area contributed by atoms with Crippen molar-refractivity contribution in [3.05, 3.63) is 57.5 Å². The average Bonchev–Trinajstić information content (AvgIpc) is 2.81. The number of hydrogen-bond donors (Lipinski definition) is 0. The van der Waals surface area contributed by atoms with Crippen LogP contribution in [-0.2, 0) is 0 Å². The zero-order chi connectivity index (χ0) is 13.7. The van der Waals surface area contributed by atoms with E-state index in [4.69, 9.17) is 16.0 Å². The van der Waals surface area contributed by atoms with Gasteiger partial charge in [0, 0.05) is 23.1 Å². The fourth-order valence-corrected chi connectivity index (χ4v) is 2.24. The third kappa shape index (κ3) is 1.64. The molecule has 1 aromatic heterocycles. The van der Waals surface area contributed by atoms with Crippen molar-refractivity contribution < 1.29 is 18.8 Å². The maximum absolute atomic E-state index is 12.2. The molecule has 3 rings (SSSR count). The predicted octanol–water partition coefficient (Wildman–Crippen LogP) is 2.91. The minimum Gasteiger partial charge on any atom is -0.449 e. The SMILES string of the molecule is CC(=O)c1cc2c(o1)C(=O)c1cc(Cl)ccc1C2=O. The summed E-state index contributed by atoms with van der Waals surface area (Å²) in [5.41, 5.74) is 0.609. The van der Waals surface area contributed by atoms with Gasteiger partial charge in [-0.15, -0.1) is 0 Å². The number of benzene rings is 1. The lowest BCUT2D eigenvalue weighted by Crippen LogP contribution is -2.18. The van der Waals surface area contributed by atoms with Crippen LogP contribution in [0.15, 0.2) is 28.7 Å². The van der Waals surface area contributed by atoms with E-state index in [0.717, 1.165) is 0 Å². The number of halogens is 1. The van der Waals surface area contributed by atoms with Gasteiger partial charge in [0.25, 0.3) is 0 Å². The van der Waals surface area contributed by atoms with Crippen molar-refractivity contribution in [2.24, 2.45) is 0 Å². The molecule has 0 fully saturated rings. The Balaban J connectivity index is 2.26. The molecule has 94 valence electrons. The Morgan fingerprint density at radius 1 is 1.05 bits per heavy atom. The van der Waals surface area contributed by atoms with Gasteiger partial charge in [-0.1, -0.05) is 11.6 Å². The largest absolute Gasteiger partial charge is 0.449 e. The molecule has 1 aliphatic carbocycles. The van der Waals surface area contributed by atoms with E-state index in [9.17, 15) is 14.4 Å². The molecule has 0 atom stereocenters. The number of ketones is 3. The lowest BCUT2D eigenvalue weighted by Gasteiger charge is -2.12. The van der Waals surface area contributed by atoms with E-state index in [2.05, 4.69) is 0 Å². The second kappa shape index (κ2) is 3.90. The number of carbonyl (C=O) groups is 3. The van der Waals surface area contributed by atoms with Crippen LogP contribution in [0.3, 0.4) is 0 Å². The molecule has 0 N–H and O–H groups in total. The maximum atomic E-state index is 12.2. The van der Waals surface area contributed by atoms with E-state index in [-0.39, 0.29) is 39.8 Å². The number of fused-ring (bicyclic) bond motifs is 2. The van der Waals surface area contributed by atoms with Crippen LogP contribution in [0, 0.1) is 0 Å². The summed E-state index contributed by atoms with van der Waals surface area (Å²) >= 11 is 5.82. The summed E-state index contributed by atoms with van der Waals surface area (Å²) < 4.78 is 5.18. The van der Waals surface area contributed by atoms with E-state index in [1.54, 1.807) is 6.07 Å². The Kier molecular flexibility index (Phi) is 2.43. The van der Waals surface area contributed by atoms with Crippen molar-refractivity contribution in [2.75, 3.05) is 0 Å². The molecule has 19 heavy (non-hydrogen) atoms. The zero-order valence-electron chi connectivity index (χ0n) is 9.82. The fourth-order valence-electron chi connectivity index (χ4n) is 2.07. The lowest BCUT2D eigenvalue weighted by atomic mass is 9.88. The lowest BCUT2D eigenvalue weighted by molar-refractivity contribution is 0.0947. The highest BCUT2D eigenvalue weighted by Gasteiger charge is 2.34. The van der Waals surface area contributed by atoms with Gasteiger partial charge in [-0.3, -0.25) is 14.4 Å². The molecule has 0 bridgehead atoms. The van der Waals surface area contributed by atoms with Gasteiger partial charge in [-0.05, 0) is 24.3 Å². The highest BCUT2D eigenvalue weighted by molar-refractivity contribution is 6.33. The van der Waals surface area contributed by atoms with E-state index in [0.29, 0.717) is 5.02 Å². The van der Waals surface area contributed by atoms with Gasteiger partial charge in [-0.25, -0.2) is 0 Å². The van der Waals surface area contributed by atoms with Crippen LogP contribution >= 0.6 is 11.6 Å². The van der Waals surface area contributed by atoms with Crippen molar-refractivity contribution in [3.8, 4) is 0 Å². The monoisotopic (exact) mass is 274 g/mol. The Hall–Kier alpha value is -2.20. The van der Waals surface area contributed by atoms with Crippen LogP contribution in [0.5, 0.6) is 0 Å². The van der Waals surface area contributed by atoms with Gasteiger partial charge >= 0.3 is 0 Å². The highest BCUT2D eigenvalue weighted by atomic mass is 35.5. The van der Waals surface area contributed by atoms with Crippen LogP contribution in [0.25, 0.3) is 0 Å². The van der Waals surface area contributed by atoms with Gasteiger partial charge in [0.2, 0.25) is 5.78 Å². The minimum absolute atomic E-state index is 0.00519. The van der Waals surface area contributed by atoms with E-state index >= 15 is 0 Å². The summed E-state index contributed by atoms with van der Waals surface area (Å²) in [7, 11) is 0. The topological polar surface area (TPSA) is 64.3 Å². The molecule has 2 aromatic rings. The first-order valence-electron chi connectivity index (χ1n) is 5.52. The van der Waals surface area contributed by atoms with Gasteiger partial charge in [-0.2, -0.15) is 0 Å². The third-order valence-corrected chi connectivity index (χ3v) is 3.24. The van der Waals surface area contributed by atoms with Crippen molar-refractivity contribution in [1.29, 1.82) is 0 Å². The summed E-state index contributed by atoms with van der Waals surface area (Å²) in [5.74, 6) is -1.19. The molecular formula is C14H7ClO4. The van der Waals surface area contributed by atoms with Gasteiger partial charge < -0.3 is 4.42 Å². The minimum atomic E-state index is -0.431. The molecule has 0 unspecified atom stereocenters. The van der Waals surface area contributed by atoms with Crippen molar-refractivity contribution >= 4 is 29.0 Å². The van der Waals surface area contributed by atoms with E-state index < -0.39 is 5.78 Å². The first-order valence-corrected chi connectivity index (χ1v) is 5.90. The molecule has 1 aromatic carbocycles. The second-order valence-electron chi connectivity index (χ2n) is 4.26. The Morgan fingerprint density at radius 3 is 2.47 bits per heavy atom. The third-order valence-electron chi connectivity index (χ3n) is 3.00. The van der Waals surface area contributed by atoms with Crippen LogP contribution < -0.4 is 0 Å². The molecule has 0 amide bonds. The highest BCUT2D eigenvalue weighted by Crippen LogP contribution is 2.31. The normalized spacial score (nSPS) is 13.2. The molecule has 5 heteroatoms. The molecule has 0 saturated heterocycles. The number of hydrogen-bond acceptors (Lipinski definition) is 4. The average molecular weight is 275 g/mol. The Labute approximate surface area is 113 Å². The molecule has 4 nitrogen and oxygen atoms in total. The van der Waals surface area contributed by atoms with Gasteiger partial charge in [0.15, 0.2) is 23.1 Å². The predicted molar refractivity (Wildman–Crippen MR) is 67.0 cm³/mol.